The Hall–Kier alpha value is -2.84. The summed E-state index contributed by atoms with van der Waals surface area (Å²) in [6.45, 7) is 6.61. The highest BCUT2D eigenvalue weighted by molar-refractivity contribution is 5.62. The number of nitrogens with one attached hydrogen (secondary N) is 2. The van der Waals surface area contributed by atoms with Crippen LogP contribution in [0.4, 0.5) is 16.0 Å². The quantitative estimate of drug-likeness (QED) is 0.613. The van der Waals surface area contributed by atoms with E-state index in [4.69, 9.17) is 0 Å². The lowest BCUT2D eigenvalue weighted by atomic mass is 9.91. The molecule has 2 atom stereocenters. The fourth-order valence-corrected chi connectivity index (χ4v) is 3.61. The molecule has 0 bridgehead atoms. The van der Waals surface area contributed by atoms with E-state index in [1.807, 2.05) is 32.0 Å². The van der Waals surface area contributed by atoms with Crippen LogP contribution in [0.25, 0.3) is 11.3 Å². The summed E-state index contributed by atoms with van der Waals surface area (Å²) in [5.41, 5.74) is 3.91. The molecule has 2 aromatic heterocycles. The van der Waals surface area contributed by atoms with E-state index in [0.29, 0.717) is 11.5 Å². The van der Waals surface area contributed by atoms with E-state index in [0.717, 1.165) is 24.2 Å². The Morgan fingerprint density at radius 2 is 2.10 bits per heavy atom. The molecule has 0 saturated heterocycles. The largest absolute Gasteiger partial charge is 0.391 e. The smallest absolute Gasteiger partial charge is 0.227 e. The zero-order valence-corrected chi connectivity index (χ0v) is 16.7. The second-order valence-corrected chi connectivity index (χ2v) is 7.65. The van der Waals surface area contributed by atoms with Crippen molar-refractivity contribution in [1.29, 1.82) is 0 Å². The van der Waals surface area contributed by atoms with Gasteiger partial charge in [-0.1, -0.05) is 6.07 Å². The molecule has 3 heterocycles. The summed E-state index contributed by atoms with van der Waals surface area (Å²) >= 11 is 0. The predicted octanol–water partition coefficient (Wildman–Crippen LogP) is 3.37. The average molecular weight is 396 g/mol. The van der Waals surface area contributed by atoms with Crippen molar-refractivity contribution in [3.8, 4) is 11.3 Å². The number of hydrogen-bond acceptors (Lipinski definition) is 6. The van der Waals surface area contributed by atoms with E-state index in [-0.39, 0.29) is 17.8 Å². The highest BCUT2D eigenvalue weighted by Gasteiger charge is 2.23. The number of benzene rings is 1. The Kier molecular flexibility index (Phi) is 5.29. The van der Waals surface area contributed by atoms with Gasteiger partial charge in [0.2, 0.25) is 5.95 Å². The Labute approximate surface area is 169 Å². The van der Waals surface area contributed by atoms with Crippen molar-refractivity contribution in [2.45, 2.75) is 45.4 Å². The van der Waals surface area contributed by atoms with Gasteiger partial charge in [0.25, 0.3) is 0 Å². The molecule has 1 aliphatic rings. The van der Waals surface area contributed by atoms with Crippen LogP contribution in [0.3, 0.4) is 0 Å². The van der Waals surface area contributed by atoms with Crippen LogP contribution >= 0.6 is 0 Å². The zero-order valence-electron chi connectivity index (χ0n) is 16.7. The summed E-state index contributed by atoms with van der Waals surface area (Å²) < 4.78 is 16.1. The minimum atomic E-state index is -0.491. The van der Waals surface area contributed by atoms with Crippen LogP contribution in [-0.2, 0) is 6.42 Å². The molecule has 1 aliphatic heterocycles. The third kappa shape index (κ3) is 3.99. The number of halogens is 1. The molecule has 0 amide bonds. The van der Waals surface area contributed by atoms with Gasteiger partial charge < -0.3 is 15.7 Å². The summed E-state index contributed by atoms with van der Waals surface area (Å²) in [5, 5.41) is 20.8. The fraction of sp³-hybridized carbons (Fsp3) is 0.381. The first kappa shape index (κ1) is 19.5. The van der Waals surface area contributed by atoms with Crippen molar-refractivity contribution in [3.05, 3.63) is 53.7 Å². The molecule has 4 rings (SSSR count). The van der Waals surface area contributed by atoms with Crippen molar-refractivity contribution in [1.82, 2.24) is 25.1 Å². The van der Waals surface area contributed by atoms with Crippen LogP contribution in [0, 0.1) is 5.82 Å². The summed E-state index contributed by atoms with van der Waals surface area (Å²) in [5.74, 6) is -0.171. The molecule has 0 fully saturated rings. The summed E-state index contributed by atoms with van der Waals surface area (Å²) in [4.78, 5) is 8.44. The van der Waals surface area contributed by atoms with Gasteiger partial charge in [0.1, 0.15) is 5.69 Å². The van der Waals surface area contributed by atoms with Crippen LogP contribution in [-0.4, -0.2) is 37.5 Å². The van der Waals surface area contributed by atoms with E-state index >= 15 is 0 Å². The van der Waals surface area contributed by atoms with Gasteiger partial charge in [-0.2, -0.15) is 5.10 Å². The lowest BCUT2D eigenvalue weighted by molar-refractivity contribution is 0.142. The van der Waals surface area contributed by atoms with Crippen molar-refractivity contribution in [2.24, 2.45) is 0 Å². The topological polar surface area (TPSA) is 87.9 Å². The van der Waals surface area contributed by atoms with E-state index in [2.05, 4.69) is 25.7 Å². The summed E-state index contributed by atoms with van der Waals surface area (Å²) in [7, 11) is 0. The van der Waals surface area contributed by atoms with E-state index in [1.54, 1.807) is 24.0 Å². The highest BCUT2D eigenvalue weighted by Crippen LogP contribution is 2.29. The van der Waals surface area contributed by atoms with Crippen LogP contribution in [0.5, 0.6) is 0 Å². The second-order valence-electron chi connectivity index (χ2n) is 7.65. The van der Waals surface area contributed by atoms with E-state index < -0.39 is 11.9 Å². The van der Waals surface area contributed by atoms with E-state index in [9.17, 15) is 9.50 Å². The Balaban J connectivity index is 1.60. The lowest BCUT2D eigenvalue weighted by Crippen LogP contribution is -2.36. The Morgan fingerprint density at radius 1 is 1.28 bits per heavy atom. The Bertz CT molecular complexity index is 1020. The fourth-order valence-electron chi connectivity index (χ4n) is 3.61. The van der Waals surface area contributed by atoms with Gasteiger partial charge in [0.15, 0.2) is 5.82 Å². The average Bonchev–Trinajstić information content (AvgIpc) is 3.19. The number of aliphatic hydroxyl groups excluding tert-OH is 1. The van der Waals surface area contributed by atoms with Gasteiger partial charge in [-0.25, -0.2) is 14.4 Å². The van der Waals surface area contributed by atoms with Crippen molar-refractivity contribution in [3.63, 3.8) is 0 Å². The number of aliphatic hydroxyl groups is 1. The third-order valence-corrected chi connectivity index (χ3v) is 5.12. The van der Waals surface area contributed by atoms with E-state index in [1.165, 1.54) is 11.8 Å². The molecule has 3 aromatic rings. The number of anilines is 2. The molecule has 0 aliphatic carbocycles. The van der Waals surface area contributed by atoms with Gasteiger partial charge >= 0.3 is 0 Å². The van der Waals surface area contributed by atoms with Crippen molar-refractivity contribution < 1.29 is 9.50 Å². The molecule has 152 valence electrons. The zero-order chi connectivity index (χ0) is 20.5. The molecule has 29 heavy (non-hydrogen) atoms. The van der Waals surface area contributed by atoms with Gasteiger partial charge in [0.05, 0.1) is 24.5 Å². The molecule has 3 N–H and O–H groups in total. The number of nitrogens with zero attached hydrogens (tertiary/aromatic N) is 4. The van der Waals surface area contributed by atoms with Crippen LogP contribution in [0.1, 0.15) is 44.0 Å². The molecule has 8 heteroatoms. The number of hydrogen-bond donors (Lipinski definition) is 3. The molecule has 0 saturated carbocycles. The molecular formula is C21H25FN6O. The number of fused-ring (bicyclic) bond motifs is 1. The predicted molar refractivity (Wildman–Crippen MR) is 109 cm³/mol. The molecule has 1 aromatic carbocycles. The normalized spacial score (nSPS) is 17.2. The molecule has 0 radical (unpaired) electrons. The van der Waals surface area contributed by atoms with Gasteiger partial charge in [0, 0.05) is 23.5 Å². The highest BCUT2D eigenvalue weighted by atomic mass is 19.1. The van der Waals surface area contributed by atoms with Crippen LogP contribution in [0.15, 0.2) is 36.8 Å². The third-order valence-electron chi connectivity index (χ3n) is 5.12. The molecule has 0 spiro atoms. The number of rotatable bonds is 5. The monoisotopic (exact) mass is 396 g/mol. The summed E-state index contributed by atoms with van der Waals surface area (Å²) in [6, 6.07) is 6.07. The van der Waals surface area contributed by atoms with Gasteiger partial charge in [-0.3, -0.25) is 4.68 Å². The SMILES string of the molecule is CC(O)C1NCCc2cc(Nc3ncc(F)c(-c4cnn(C(C)C)c4)n3)ccc21. The maximum Gasteiger partial charge on any atom is 0.227 e. The molecular weight excluding hydrogens is 371 g/mol. The first-order valence-corrected chi connectivity index (χ1v) is 9.80. The first-order valence-electron chi connectivity index (χ1n) is 9.80. The van der Waals surface area contributed by atoms with Crippen LogP contribution in [0.2, 0.25) is 0 Å². The maximum absolute atomic E-state index is 14.3. The minimum Gasteiger partial charge on any atom is -0.391 e. The van der Waals surface area contributed by atoms with Gasteiger partial charge in [-0.05, 0) is 57.0 Å². The lowest BCUT2D eigenvalue weighted by Gasteiger charge is -2.29. The molecule has 7 nitrogen and oxygen atoms in total. The Morgan fingerprint density at radius 3 is 2.83 bits per heavy atom. The summed E-state index contributed by atoms with van der Waals surface area (Å²) in [6.07, 6.45) is 4.96. The van der Waals surface area contributed by atoms with Crippen molar-refractivity contribution >= 4 is 11.6 Å². The minimum absolute atomic E-state index is 0.0704. The maximum atomic E-state index is 14.3. The van der Waals surface area contributed by atoms with Crippen LogP contribution < -0.4 is 10.6 Å². The van der Waals surface area contributed by atoms with Crippen molar-refractivity contribution in [2.75, 3.05) is 11.9 Å². The second kappa shape index (κ2) is 7.88. The standard InChI is InChI=1S/C21H25FN6O/c1-12(2)28-11-15(9-25-28)20-18(22)10-24-21(27-20)26-16-4-5-17-14(8-16)6-7-23-19(17)13(3)29/h4-5,8-13,19,23,29H,6-7H2,1-3H3,(H,24,26,27). The number of aromatic nitrogens is 4. The van der Waals surface area contributed by atoms with Gasteiger partial charge in [-0.15, -0.1) is 0 Å². The first-order chi connectivity index (χ1) is 13.9. The molecule has 2 unspecified atom stereocenters.